The Morgan fingerprint density at radius 2 is 1.15 bits per heavy atom. The van der Waals surface area contributed by atoms with Crippen LogP contribution in [0.2, 0.25) is 0 Å². The Hall–Kier alpha value is -1.63. The summed E-state index contributed by atoms with van der Waals surface area (Å²) >= 11 is 0. The van der Waals surface area contributed by atoms with Crippen LogP contribution in [-0.4, -0.2) is 0 Å². The van der Waals surface area contributed by atoms with Crippen molar-refractivity contribution in [1.29, 1.82) is 0 Å². The lowest BCUT2D eigenvalue weighted by molar-refractivity contribution is -0.698. The molecule has 148 valence electrons. The van der Waals surface area contributed by atoms with E-state index in [1.54, 1.807) is 11.1 Å². The minimum Gasteiger partial charge on any atom is -0.205 e. The highest BCUT2D eigenvalue weighted by atomic mass is 14.9. The fourth-order valence-corrected chi connectivity index (χ4v) is 3.80. The van der Waals surface area contributed by atoms with Crippen molar-refractivity contribution in [3.05, 3.63) is 65.5 Å². The Morgan fingerprint density at radius 1 is 0.593 bits per heavy atom. The average Bonchev–Trinajstić information content (AvgIpc) is 2.69. The molecule has 1 aromatic heterocycles. The van der Waals surface area contributed by atoms with Crippen molar-refractivity contribution < 1.29 is 4.57 Å². The first kappa shape index (κ1) is 21.7. The first-order chi connectivity index (χ1) is 13.3. The van der Waals surface area contributed by atoms with Crippen molar-refractivity contribution in [2.45, 2.75) is 97.4 Å². The average molecular weight is 367 g/mol. The van der Waals surface area contributed by atoms with Crippen LogP contribution in [0.3, 0.4) is 0 Å². The molecule has 0 saturated carbocycles. The minimum atomic E-state index is 1.12. The second-order valence-electron chi connectivity index (χ2n) is 8.00. The van der Waals surface area contributed by atoms with Gasteiger partial charge in [-0.25, -0.2) is 4.57 Å². The Labute approximate surface area is 167 Å². The lowest BCUT2D eigenvalue weighted by Gasteiger charge is -2.07. The van der Waals surface area contributed by atoms with Gasteiger partial charge in [0.15, 0.2) is 12.4 Å². The van der Waals surface area contributed by atoms with Crippen LogP contribution < -0.4 is 4.57 Å². The maximum absolute atomic E-state index is 2.48. The van der Waals surface area contributed by atoms with Crippen molar-refractivity contribution in [1.82, 2.24) is 0 Å². The molecule has 0 aliphatic rings. The van der Waals surface area contributed by atoms with Crippen LogP contribution in [0.1, 0.15) is 88.3 Å². The Morgan fingerprint density at radius 3 is 1.70 bits per heavy atom. The van der Waals surface area contributed by atoms with Gasteiger partial charge in [0.25, 0.3) is 0 Å². The molecule has 0 fully saturated rings. The van der Waals surface area contributed by atoms with Crippen LogP contribution in [-0.2, 0) is 25.8 Å². The minimum absolute atomic E-state index is 1.12. The summed E-state index contributed by atoms with van der Waals surface area (Å²) in [5, 5.41) is 0. The van der Waals surface area contributed by atoms with Crippen LogP contribution in [0.4, 0.5) is 0 Å². The smallest absolute Gasteiger partial charge is 0.171 e. The third-order valence-corrected chi connectivity index (χ3v) is 5.40. The molecular weight excluding hydrogens is 326 g/mol. The number of benzene rings is 1. The highest BCUT2D eigenvalue weighted by Crippen LogP contribution is 2.12. The van der Waals surface area contributed by atoms with E-state index in [0.29, 0.717) is 0 Å². The fraction of sp³-hybridized carbons (Fsp3) is 0.577. The largest absolute Gasteiger partial charge is 0.205 e. The van der Waals surface area contributed by atoms with Gasteiger partial charge in [-0.15, -0.1) is 0 Å². The number of rotatable bonds is 14. The van der Waals surface area contributed by atoms with E-state index in [1.165, 1.54) is 82.6 Å². The summed E-state index contributed by atoms with van der Waals surface area (Å²) in [6, 6.07) is 13.4. The van der Waals surface area contributed by atoms with Crippen molar-refractivity contribution in [3.8, 4) is 0 Å². The molecular formula is C26H40N+. The van der Waals surface area contributed by atoms with E-state index in [9.17, 15) is 0 Å². The highest BCUT2D eigenvalue weighted by Gasteiger charge is 2.08. The molecule has 1 heterocycles. The summed E-state index contributed by atoms with van der Waals surface area (Å²) in [5.74, 6) is 0. The van der Waals surface area contributed by atoms with E-state index in [-0.39, 0.29) is 0 Å². The number of unbranched alkanes of at least 4 members (excludes halogenated alkanes) is 6. The molecule has 2 aromatic rings. The van der Waals surface area contributed by atoms with Crippen molar-refractivity contribution in [2.75, 3.05) is 0 Å². The predicted octanol–water partition coefficient (Wildman–Crippen LogP) is 6.85. The molecule has 0 aliphatic heterocycles. The fourth-order valence-electron chi connectivity index (χ4n) is 3.80. The van der Waals surface area contributed by atoms with Crippen molar-refractivity contribution in [2.24, 2.45) is 0 Å². The van der Waals surface area contributed by atoms with Gasteiger partial charge in [0.1, 0.15) is 6.54 Å². The van der Waals surface area contributed by atoms with Crippen molar-refractivity contribution >= 4 is 0 Å². The first-order valence-corrected chi connectivity index (χ1v) is 11.4. The van der Waals surface area contributed by atoms with E-state index in [1.807, 2.05) is 0 Å². The summed E-state index contributed by atoms with van der Waals surface area (Å²) in [4.78, 5) is 0. The summed E-state index contributed by atoms with van der Waals surface area (Å²) in [6.45, 7) is 5.70. The van der Waals surface area contributed by atoms with Gasteiger partial charge >= 0.3 is 0 Å². The monoisotopic (exact) mass is 366 g/mol. The summed E-state index contributed by atoms with van der Waals surface area (Å²) < 4.78 is 2.47. The van der Waals surface area contributed by atoms with Crippen LogP contribution >= 0.6 is 0 Å². The SMILES string of the molecule is CCCCCCc1cc(CCCCCC)c[n+](CCCc2ccccc2)c1. The van der Waals surface area contributed by atoms with Crippen LogP contribution in [0.25, 0.3) is 0 Å². The van der Waals surface area contributed by atoms with Crippen LogP contribution in [0, 0.1) is 0 Å². The zero-order valence-electron chi connectivity index (χ0n) is 17.8. The zero-order chi connectivity index (χ0) is 19.2. The molecule has 0 spiro atoms. The number of nitrogens with zero attached hydrogens (tertiary/aromatic N) is 1. The van der Waals surface area contributed by atoms with Crippen molar-refractivity contribution in [3.63, 3.8) is 0 Å². The zero-order valence-corrected chi connectivity index (χ0v) is 17.8. The number of aromatic nitrogens is 1. The lowest BCUT2D eigenvalue weighted by Crippen LogP contribution is -2.34. The first-order valence-electron chi connectivity index (χ1n) is 11.4. The molecule has 0 N–H and O–H groups in total. The molecule has 0 unspecified atom stereocenters. The topological polar surface area (TPSA) is 3.88 Å². The van der Waals surface area contributed by atoms with E-state index < -0.39 is 0 Å². The Bertz CT molecular complexity index is 587. The molecule has 0 atom stereocenters. The third-order valence-electron chi connectivity index (χ3n) is 5.40. The number of hydrogen-bond acceptors (Lipinski definition) is 0. The van der Waals surface area contributed by atoms with Gasteiger partial charge in [-0.05, 0) is 43.7 Å². The lowest BCUT2D eigenvalue weighted by atomic mass is 10.0. The van der Waals surface area contributed by atoms with Crippen LogP contribution in [0.5, 0.6) is 0 Å². The van der Waals surface area contributed by atoms with E-state index >= 15 is 0 Å². The van der Waals surface area contributed by atoms with Gasteiger partial charge in [0.05, 0.1) is 0 Å². The molecule has 0 aliphatic carbocycles. The quantitative estimate of drug-likeness (QED) is 0.254. The number of hydrogen-bond donors (Lipinski definition) is 0. The number of aryl methyl sites for hydroxylation is 4. The molecule has 0 amide bonds. The molecule has 2 rings (SSSR count). The maximum Gasteiger partial charge on any atom is 0.171 e. The maximum atomic E-state index is 2.48. The van der Waals surface area contributed by atoms with E-state index in [2.05, 4.69) is 67.2 Å². The predicted molar refractivity (Wildman–Crippen MR) is 117 cm³/mol. The van der Waals surface area contributed by atoms with Gasteiger partial charge in [0.2, 0.25) is 0 Å². The summed E-state index contributed by atoms with van der Waals surface area (Å²) in [5.41, 5.74) is 4.53. The van der Waals surface area contributed by atoms with Crippen LogP contribution in [0.15, 0.2) is 48.8 Å². The summed E-state index contributed by atoms with van der Waals surface area (Å²) in [7, 11) is 0. The highest BCUT2D eigenvalue weighted by molar-refractivity contribution is 5.16. The Balaban J connectivity index is 1.92. The van der Waals surface area contributed by atoms with E-state index in [0.717, 1.165) is 6.54 Å². The Kier molecular flexibility index (Phi) is 10.9. The van der Waals surface area contributed by atoms with Gasteiger partial charge in [-0.1, -0.05) is 82.7 Å². The normalized spacial score (nSPS) is 11.0. The second kappa shape index (κ2) is 13.5. The standard InChI is InChI=1S/C26H40N/c1-3-5-7-10-17-25-21-26(18-11-8-6-4-2)23-27(22-25)20-14-19-24-15-12-9-13-16-24/h9,12-13,15-16,21-23H,3-8,10-11,14,17-20H2,1-2H3/q+1. The molecule has 0 bridgehead atoms. The molecule has 27 heavy (non-hydrogen) atoms. The molecule has 1 nitrogen and oxygen atoms in total. The number of pyridine rings is 1. The van der Waals surface area contributed by atoms with Gasteiger partial charge in [0, 0.05) is 17.5 Å². The molecule has 1 aromatic carbocycles. The molecule has 1 heteroatoms. The van der Waals surface area contributed by atoms with Gasteiger partial charge in [-0.2, -0.15) is 0 Å². The van der Waals surface area contributed by atoms with E-state index in [4.69, 9.17) is 0 Å². The molecule has 0 saturated heterocycles. The third kappa shape index (κ3) is 9.22. The summed E-state index contributed by atoms with van der Waals surface area (Å²) in [6.07, 6.45) is 20.4. The molecule has 0 radical (unpaired) electrons. The van der Waals surface area contributed by atoms with Gasteiger partial charge < -0.3 is 0 Å². The second-order valence-corrected chi connectivity index (χ2v) is 8.00. The van der Waals surface area contributed by atoms with Gasteiger partial charge in [-0.3, -0.25) is 0 Å².